The van der Waals surface area contributed by atoms with Crippen molar-refractivity contribution in [2.75, 3.05) is 19.8 Å². The Labute approximate surface area is 97.9 Å². The van der Waals surface area contributed by atoms with Crippen LogP contribution in [0.4, 0.5) is 0 Å². The maximum absolute atomic E-state index is 12.1. The summed E-state index contributed by atoms with van der Waals surface area (Å²) in [4.78, 5) is 0. The van der Waals surface area contributed by atoms with Gasteiger partial charge in [0.15, 0.2) is 0 Å². The Kier molecular flexibility index (Phi) is 3.25. The van der Waals surface area contributed by atoms with Crippen LogP contribution >= 0.6 is 11.3 Å². The van der Waals surface area contributed by atoms with E-state index in [0.29, 0.717) is 6.61 Å². The predicted octanol–water partition coefficient (Wildman–Crippen LogP) is 0.661. The highest BCUT2D eigenvalue weighted by Gasteiger charge is 2.34. The smallest absolute Gasteiger partial charge is 0.253 e. The van der Waals surface area contributed by atoms with Gasteiger partial charge in [0, 0.05) is 6.54 Å². The van der Waals surface area contributed by atoms with Crippen molar-refractivity contribution in [2.45, 2.75) is 10.3 Å². The second-order valence-corrected chi connectivity index (χ2v) is 6.33. The maximum Gasteiger partial charge on any atom is 0.253 e. The van der Waals surface area contributed by atoms with Gasteiger partial charge in [-0.2, -0.15) is 9.57 Å². The zero-order chi connectivity index (χ0) is 11.6. The minimum atomic E-state index is -3.53. The lowest BCUT2D eigenvalue weighted by Gasteiger charge is -2.29. The van der Waals surface area contributed by atoms with Crippen LogP contribution in [-0.4, -0.2) is 38.5 Å². The first-order chi connectivity index (χ1) is 7.66. The molecule has 1 fully saturated rings. The predicted molar refractivity (Wildman–Crippen MR) is 58.4 cm³/mol. The minimum Gasteiger partial charge on any atom is -0.377 e. The molecule has 1 aromatic heterocycles. The Morgan fingerprint density at radius 3 is 3.06 bits per heavy atom. The van der Waals surface area contributed by atoms with E-state index in [4.69, 9.17) is 10.00 Å². The molecule has 7 heteroatoms. The highest BCUT2D eigenvalue weighted by atomic mass is 32.2. The standard InChI is InChI=1S/C9H10N2O3S2/c10-6-8-7-14-4-3-11(8)16(12,13)9-2-1-5-15-9/h1-2,5,8H,3-4,7H2/t8-/m0/s1. The van der Waals surface area contributed by atoms with Crippen LogP contribution in [0.25, 0.3) is 0 Å². The second kappa shape index (κ2) is 4.51. The van der Waals surface area contributed by atoms with Crippen LogP contribution in [0.15, 0.2) is 21.7 Å². The first kappa shape index (κ1) is 11.5. The van der Waals surface area contributed by atoms with Crippen molar-refractivity contribution in [3.63, 3.8) is 0 Å². The summed E-state index contributed by atoms with van der Waals surface area (Å²) >= 11 is 1.16. The third-order valence-electron chi connectivity index (χ3n) is 2.29. The van der Waals surface area contributed by atoms with Crippen LogP contribution in [-0.2, 0) is 14.8 Å². The van der Waals surface area contributed by atoms with E-state index in [9.17, 15) is 8.42 Å². The summed E-state index contributed by atoms with van der Waals surface area (Å²) in [5.74, 6) is 0. The van der Waals surface area contributed by atoms with Crippen LogP contribution in [0.1, 0.15) is 0 Å². The summed E-state index contributed by atoms with van der Waals surface area (Å²) in [5, 5.41) is 10.6. The molecule has 0 amide bonds. The van der Waals surface area contributed by atoms with Gasteiger partial charge in [-0.05, 0) is 11.4 Å². The van der Waals surface area contributed by atoms with E-state index in [1.807, 2.05) is 6.07 Å². The minimum absolute atomic E-state index is 0.140. The average molecular weight is 258 g/mol. The first-order valence-corrected chi connectivity index (χ1v) is 7.01. The van der Waals surface area contributed by atoms with Crippen molar-refractivity contribution in [1.82, 2.24) is 4.31 Å². The highest BCUT2D eigenvalue weighted by molar-refractivity contribution is 7.91. The fraction of sp³-hybridized carbons (Fsp3) is 0.444. The topological polar surface area (TPSA) is 70.4 Å². The number of nitrogens with zero attached hydrogens (tertiary/aromatic N) is 2. The number of hydrogen-bond acceptors (Lipinski definition) is 5. The Bertz CT molecular complexity index is 489. The Balaban J connectivity index is 2.33. The number of nitriles is 1. The lowest BCUT2D eigenvalue weighted by Crippen LogP contribution is -2.47. The number of hydrogen-bond donors (Lipinski definition) is 0. The molecule has 1 aromatic rings. The highest BCUT2D eigenvalue weighted by Crippen LogP contribution is 2.23. The molecule has 0 saturated carbocycles. The average Bonchev–Trinajstić information content (AvgIpc) is 2.83. The second-order valence-electron chi connectivity index (χ2n) is 3.27. The summed E-state index contributed by atoms with van der Waals surface area (Å²) in [7, 11) is -3.53. The van der Waals surface area contributed by atoms with E-state index < -0.39 is 16.1 Å². The first-order valence-electron chi connectivity index (χ1n) is 4.69. The van der Waals surface area contributed by atoms with Gasteiger partial charge in [-0.1, -0.05) is 6.07 Å². The van der Waals surface area contributed by atoms with Crippen LogP contribution in [0.5, 0.6) is 0 Å². The third-order valence-corrected chi connectivity index (χ3v) is 5.57. The monoisotopic (exact) mass is 258 g/mol. The molecule has 86 valence electrons. The molecule has 0 bridgehead atoms. The van der Waals surface area contributed by atoms with Crippen molar-refractivity contribution in [1.29, 1.82) is 5.26 Å². The fourth-order valence-electron chi connectivity index (χ4n) is 1.50. The van der Waals surface area contributed by atoms with Crippen molar-refractivity contribution < 1.29 is 13.2 Å². The molecule has 0 radical (unpaired) electrons. The van der Waals surface area contributed by atoms with Crippen molar-refractivity contribution in [2.24, 2.45) is 0 Å². The van der Waals surface area contributed by atoms with Gasteiger partial charge in [0.05, 0.1) is 19.3 Å². The van der Waals surface area contributed by atoms with Crippen LogP contribution in [0.2, 0.25) is 0 Å². The summed E-state index contributed by atoms with van der Waals surface area (Å²) in [5.41, 5.74) is 0. The van der Waals surface area contributed by atoms with Gasteiger partial charge in [-0.25, -0.2) is 8.42 Å². The zero-order valence-electron chi connectivity index (χ0n) is 8.37. The molecule has 16 heavy (non-hydrogen) atoms. The quantitative estimate of drug-likeness (QED) is 0.781. The zero-order valence-corrected chi connectivity index (χ0v) is 10.00. The molecule has 0 spiro atoms. The lowest BCUT2D eigenvalue weighted by atomic mass is 10.3. The van der Waals surface area contributed by atoms with Crippen LogP contribution in [0, 0.1) is 11.3 Å². The van der Waals surface area contributed by atoms with E-state index in [1.54, 1.807) is 17.5 Å². The van der Waals surface area contributed by atoms with E-state index in [0.717, 1.165) is 11.3 Å². The number of morpholine rings is 1. The number of ether oxygens (including phenoxy) is 1. The van der Waals surface area contributed by atoms with Gasteiger partial charge in [0.25, 0.3) is 10.0 Å². The lowest BCUT2D eigenvalue weighted by molar-refractivity contribution is 0.0512. The molecule has 1 aliphatic heterocycles. The molecular formula is C9H10N2O3S2. The third kappa shape index (κ3) is 1.97. The molecular weight excluding hydrogens is 248 g/mol. The molecule has 0 aliphatic carbocycles. The van der Waals surface area contributed by atoms with Gasteiger partial charge >= 0.3 is 0 Å². The SMILES string of the molecule is N#C[C@H]1COCCN1S(=O)(=O)c1cccs1. The molecule has 5 nitrogen and oxygen atoms in total. The molecule has 0 unspecified atom stereocenters. The van der Waals surface area contributed by atoms with E-state index in [2.05, 4.69) is 0 Å². The summed E-state index contributed by atoms with van der Waals surface area (Å²) in [6.07, 6.45) is 0. The van der Waals surface area contributed by atoms with Crippen LogP contribution < -0.4 is 0 Å². The van der Waals surface area contributed by atoms with E-state index >= 15 is 0 Å². The summed E-state index contributed by atoms with van der Waals surface area (Å²) in [6.45, 7) is 0.711. The van der Waals surface area contributed by atoms with Crippen molar-refractivity contribution >= 4 is 21.4 Å². The van der Waals surface area contributed by atoms with Crippen molar-refractivity contribution in [3.8, 4) is 6.07 Å². The normalized spacial score (nSPS) is 22.8. The van der Waals surface area contributed by atoms with Gasteiger partial charge in [-0.3, -0.25) is 0 Å². The molecule has 1 saturated heterocycles. The number of thiophene rings is 1. The van der Waals surface area contributed by atoms with E-state index in [1.165, 1.54) is 4.31 Å². The van der Waals surface area contributed by atoms with E-state index in [-0.39, 0.29) is 17.4 Å². The Hall–Kier alpha value is -0.940. The number of rotatable bonds is 2. The van der Waals surface area contributed by atoms with Crippen LogP contribution in [0.3, 0.4) is 0 Å². The molecule has 0 N–H and O–H groups in total. The fourth-order valence-corrected chi connectivity index (χ4v) is 4.13. The largest absolute Gasteiger partial charge is 0.377 e. The maximum atomic E-state index is 12.1. The summed E-state index contributed by atoms with van der Waals surface area (Å²) in [6, 6.07) is 4.45. The van der Waals surface area contributed by atoms with Gasteiger partial charge in [0.1, 0.15) is 10.3 Å². The molecule has 1 aliphatic rings. The van der Waals surface area contributed by atoms with Crippen molar-refractivity contribution in [3.05, 3.63) is 17.5 Å². The molecule has 2 rings (SSSR count). The molecule has 0 aromatic carbocycles. The Morgan fingerprint density at radius 2 is 2.44 bits per heavy atom. The molecule has 2 heterocycles. The van der Waals surface area contributed by atoms with Gasteiger partial charge in [-0.15, -0.1) is 11.3 Å². The Morgan fingerprint density at radius 1 is 1.62 bits per heavy atom. The van der Waals surface area contributed by atoms with Gasteiger partial charge < -0.3 is 4.74 Å². The number of sulfonamides is 1. The summed E-state index contributed by atoms with van der Waals surface area (Å²) < 4.78 is 30.9. The molecule has 1 atom stereocenters. The van der Waals surface area contributed by atoms with Gasteiger partial charge in [0.2, 0.25) is 0 Å².